The van der Waals surface area contributed by atoms with Crippen molar-refractivity contribution in [3.8, 4) is 11.5 Å². The third-order valence-electron chi connectivity index (χ3n) is 6.35. The third-order valence-corrected chi connectivity index (χ3v) is 6.35. The van der Waals surface area contributed by atoms with Crippen molar-refractivity contribution in [3.05, 3.63) is 35.1 Å². The quantitative estimate of drug-likeness (QED) is 0.837. The van der Waals surface area contributed by atoms with E-state index in [1.807, 2.05) is 13.1 Å². The second-order valence-corrected chi connectivity index (χ2v) is 7.32. The largest absolute Gasteiger partial charge is 0.504 e. The van der Waals surface area contributed by atoms with Gasteiger partial charge in [0.25, 0.3) is 0 Å². The molecule has 0 aromatic heterocycles. The lowest BCUT2D eigenvalue weighted by atomic mass is 9.51. The van der Waals surface area contributed by atoms with Gasteiger partial charge in [0, 0.05) is 23.4 Å². The molecule has 1 heterocycles. The first-order valence-corrected chi connectivity index (χ1v) is 8.50. The van der Waals surface area contributed by atoms with E-state index >= 15 is 0 Å². The lowest BCUT2D eigenvalue weighted by Crippen LogP contribution is -2.71. The number of phenols is 1. The van der Waals surface area contributed by atoms with Crippen LogP contribution in [0.25, 0.3) is 0 Å². The molecular formula is C19H23NO5. The lowest BCUT2D eigenvalue weighted by molar-refractivity contribution is -0.141. The zero-order valence-corrected chi connectivity index (χ0v) is 14.7. The number of hydrogen-bond donors (Lipinski definition) is 2. The number of ketones is 1. The molecule has 2 bridgehead atoms. The van der Waals surface area contributed by atoms with E-state index in [0.717, 1.165) is 12.1 Å². The fourth-order valence-electron chi connectivity index (χ4n) is 5.07. The van der Waals surface area contributed by atoms with Gasteiger partial charge < -0.3 is 19.7 Å². The summed E-state index contributed by atoms with van der Waals surface area (Å²) in [5.41, 5.74) is -0.536. The lowest BCUT2D eigenvalue weighted by Gasteiger charge is -2.61. The van der Waals surface area contributed by atoms with Crippen LogP contribution < -0.4 is 4.74 Å². The Balaban J connectivity index is 2.04. The molecule has 2 N–H and O–H groups in total. The van der Waals surface area contributed by atoms with Gasteiger partial charge in [0.05, 0.1) is 14.2 Å². The number of piperidine rings is 1. The van der Waals surface area contributed by atoms with Crippen LogP contribution in [0.5, 0.6) is 11.5 Å². The van der Waals surface area contributed by atoms with Gasteiger partial charge in [-0.1, -0.05) is 6.07 Å². The summed E-state index contributed by atoms with van der Waals surface area (Å²) in [5.74, 6) is 0.445. The number of allylic oxidation sites excluding steroid dienone is 1. The molecule has 134 valence electrons. The Kier molecular flexibility index (Phi) is 3.43. The van der Waals surface area contributed by atoms with E-state index in [1.54, 1.807) is 12.1 Å². The van der Waals surface area contributed by atoms with E-state index < -0.39 is 11.0 Å². The fourth-order valence-corrected chi connectivity index (χ4v) is 5.07. The van der Waals surface area contributed by atoms with E-state index in [0.29, 0.717) is 24.2 Å². The van der Waals surface area contributed by atoms with Crippen molar-refractivity contribution in [2.24, 2.45) is 0 Å². The molecule has 25 heavy (non-hydrogen) atoms. The highest BCUT2D eigenvalue weighted by Crippen LogP contribution is 2.59. The number of fused-ring (bicyclic) bond motifs is 1. The molecule has 3 aliphatic rings. The third kappa shape index (κ3) is 1.89. The van der Waals surface area contributed by atoms with Gasteiger partial charge in [0.15, 0.2) is 23.0 Å². The van der Waals surface area contributed by atoms with Crippen LogP contribution in [-0.4, -0.2) is 60.4 Å². The van der Waals surface area contributed by atoms with Gasteiger partial charge in [-0.15, -0.1) is 0 Å². The summed E-state index contributed by atoms with van der Waals surface area (Å²) >= 11 is 0. The van der Waals surface area contributed by atoms with Gasteiger partial charge in [-0.2, -0.15) is 0 Å². The van der Waals surface area contributed by atoms with Crippen LogP contribution in [0, 0.1) is 0 Å². The highest BCUT2D eigenvalue weighted by atomic mass is 16.5. The Morgan fingerprint density at radius 2 is 2.04 bits per heavy atom. The van der Waals surface area contributed by atoms with E-state index in [-0.39, 0.29) is 29.8 Å². The van der Waals surface area contributed by atoms with Crippen molar-refractivity contribution in [1.29, 1.82) is 0 Å². The maximum atomic E-state index is 12.6. The predicted molar refractivity (Wildman–Crippen MR) is 90.7 cm³/mol. The summed E-state index contributed by atoms with van der Waals surface area (Å²) < 4.78 is 10.5. The molecule has 1 aliphatic heterocycles. The molecule has 1 aromatic rings. The summed E-state index contributed by atoms with van der Waals surface area (Å²) in [4.78, 5) is 14.8. The van der Waals surface area contributed by atoms with Gasteiger partial charge in [-0.25, -0.2) is 0 Å². The minimum absolute atomic E-state index is 0.0310. The molecule has 6 heteroatoms. The summed E-state index contributed by atoms with van der Waals surface area (Å²) in [5, 5.41) is 22.6. The van der Waals surface area contributed by atoms with E-state index in [1.165, 1.54) is 14.2 Å². The van der Waals surface area contributed by atoms with Crippen LogP contribution >= 0.6 is 0 Å². The first-order chi connectivity index (χ1) is 11.9. The average molecular weight is 345 g/mol. The van der Waals surface area contributed by atoms with Crippen LogP contribution in [0.3, 0.4) is 0 Å². The first kappa shape index (κ1) is 16.4. The number of ether oxygens (including phenoxy) is 2. The minimum atomic E-state index is -1.28. The van der Waals surface area contributed by atoms with E-state index in [9.17, 15) is 15.0 Å². The number of hydrogen-bond acceptors (Lipinski definition) is 6. The zero-order valence-electron chi connectivity index (χ0n) is 14.7. The number of methoxy groups -OCH3 is 2. The molecule has 0 amide bonds. The molecule has 1 aromatic carbocycles. The number of Topliss-reactive ketones (excluding diaryl/α,β-unsaturated/α-hetero) is 1. The number of likely N-dealkylation sites (N-methyl/N-ethyl adjacent to an activating group) is 1. The van der Waals surface area contributed by atoms with Crippen molar-refractivity contribution in [1.82, 2.24) is 4.90 Å². The van der Waals surface area contributed by atoms with Gasteiger partial charge in [0.1, 0.15) is 5.60 Å². The fraction of sp³-hybridized carbons (Fsp3) is 0.526. The molecule has 2 aliphatic carbocycles. The van der Waals surface area contributed by atoms with Gasteiger partial charge in [0.2, 0.25) is 0 Å². The number of rotatable bonds is 2. The summed E-state index contributed by atoms with van der Waals surface area (Å²) in [7, 11) is 4.93. The van der Waals surface area contributed by atoms with Crippen LogP contribution in [0.1, 0.15) is 24.0 Å². The summed E-state index contributed by atoms with van der Waals surface area (Å²) in [6.45, 7) is 0.743. The Morgan fingerprint density at radius 3 is 2.72 bits per heavy atom. The van der Waals surface area contributed by atoms with Crippen molar-refractivity contribution >= 4 is 5.78 Å². The molecule has 6 nitrogen and oxygen atoms in total. The maximum Gasteiger partial charge on any atom is 0.198 e. The molecule has 1 saturated heterocycles. The van der Waals surface area contributed by atoms with Crippen LogP contribution in [0.4, 0.5) is 0 Å². The molecule has 0 radical (unpaired) electrons. The van der Waals surface area contributed by atoms with Gasteiger partial charge in [-0.05, 0) is 44.1 Å². The van der Waals surface area contributed by atoms with Crippen molar-refractivity contribution < 1.29 is 24.5 Å². The number of carbonyl (C=O) groups is 1. The highest BCUT2D eigenvalue weighted by molar-refractivity contribution is 5.96. The molecule has 3 atom stereocenters. The van der Waals surface area contributed by atoms with Crippen LogP contribution in [-0.2, 0) is 21.4 Å². The van der Waals surface area contributed by atoms with Crippen LogP contribution in [0.2, 0.25) is 0 Å². The second-order valence-electron chi connectivity index (χ2n) is 7.32. The Hall–Kier alpha value is -2.05. The maximum absolute atomic E-state index is 12.6. The van der Waals surface area contributed by atoms with Gasteiger partial charge >= 0.3 is 0 Å². The van der Waals surface area contributed by atoms with Gasteiger partial charge in [-0.3, -0.25) is 9.69 Å². The van der Waals surface area contributed by atoms with Crippen molar-refractivity contribution in [3.63, 3.8) is 0 Å². The molecule has 1 fully saturated rings. The summed E-state index contributed by atoms with van der Waals surface area (Å²) in [6.07, 6.45) is 2.84. The second kappa shape index (κ2) is 5.22. The molecular weight excluding hydrogens is 322 g/mol. The van der Waals surface area contributed by atoms with Crippen LogP contribution in [0.15, 0.2) is 24.0 Å². The standard InChI is InChI=1S/C19H23NO5/c1-20-7-6-18-9-12(21)14(25-3)10-19(18,23)15(20)8-11-4-5-13(24-2)17(22)16(11)18/h4-5,10,15,22-23H,6-9H2,1-3H3/t15-,18-,19-/m0/s1. The number of benzene rings is 1. The normalized spacial score (nSPS) is 34.0. The first-order valence-electron chi connectivity index (χ1n) is 8.50. The van der Waals surface area contributed by atoms with E-state index in [4.69, 9.17) is 9.47 Å². The number of nitrogens with zero attached hydrogens (tertiary/aromatic N) is 1. The van der Waals surface area contributed by atoms with Crippen molar-refractivity contribution in [2.45, 2.75) is 36.3 Å². The zero-order chi connectivity index (χ0) is 18.0. The Labute approximate surface area is 146 Å². The smallest absolute Gasteiger partial charge is 0.198 e. The topological polar surface area (TPSA) is 79.2 Å². The molecule has 0 spiro atoms. The minimum Gasteiger partial charge on any atom is -0.504 e. The number of carbonyl (C=O) groups excluding carboxylic acids is 1. The summed E-state index contributed by atoms with van der Waals surface area (Å²) in [6, 6.07) is 3.49. The van der Waals surface area contributed by atoms with Crippen molar-refractivity contribution in [2.75, 3.05) is 27.8 Å². The van der Waals surface area contributed by atoms with E-state index in [2.05, 4.69) is 4.90 Å². The number of aliphatic hydroxyl groups is 1. The number of aromatic hydroxyl groups is 1. The SMILES string of the molecule is COC1=C[C@]2(O)[C@@H]3Cc4ccc(OC)c(O)c4[C@]2(CCN3C)CC1=O. The highest BCUT2D eigenvalue weighted by Gasteiger charge is 2.65. The Bertz CT molecular complexity index is 788. The number of likely N-dealkylation sites (tertiary alicyclic amines) is 1. The molecule has 4 rings (SSSR count). The predicted octanol–water partition coefficient (Wildman–Crippen LogP) is 1.13. The average Bonchev–Trinajstić information content (AvgIpc) is 2.58. The molecule has 0 saturated carbocycles. The molecule has 0 unspecified atom stereocenters. The Morgan fingerprint density at radius 1 is 1.28 bits per heavy atom. The monoisotopic (exact) mass is 345 g/mol. The number of phenolic OH excluding ortho intramolecular Hbond substituents is 1.